The smallest absolute Gasteiger partial charge is 0.169 e. The van der Waals surface area contributed by atoms with Gasteiger partial charge in [0.05, 0.1) is 18.8 Å². The quantitative estimate of drug-likeness (QED) is 0.578. The van der Waals surface area contributed by atoms with E-state index >= 15 is 0 Å². The van der Waals surface area contributed by atoms with Gasteiger partial charge in [-0.2, -0.15) is 0 Å². The van der Waals surface area contributed by atoms with E-state index in [-0.39, 0.29) is 5.79 Å². The highest BCUT2D eigenvalue weighted by molar-refractivity contribution is 5.14. The second kappa shape index (κ2) is 8.48. The molecule has 2 atom stereocenters. The molecule has 2 unspecified atom stereocenters. The Morgan fingerprint density at radius 1 is 1.20 bits per heavy atom. The summed E-state index contributed by atoms with van der Waals surface area (Å²) < 4.78 is 11.7. The molecule has 25 heavy (non-hydrogen) atoms. The lowest BCUT2D eigenvalue weighted by molar-refractivity contribution is -0.183. The van der Waals surface area contributed by atoms with Crippen LogP contribution in [0.3, 0.4) is 0 Å². The monoisotopic (exact) mass is 344 g/mol. The van der Waals surface area contributed by atoms with Crippen LogP contribution in [-0.2, 0) is 15.9 Å². The van der Waals surface area contributed by atoms with Crippen LogP contribution in [0.5, 0.6) is 0 Å². The van der Waals surface area contributed by atoms with Crippen molar-refractivity contribution in [2.45, 2.75) is 69.7 Å². The van der Waals surface area contributed by atoms with Gasteiger partial charge in [-0.25, -0.2) is 0 Å². The summed E-state index contributed by atoms with van der Waals surface area (Å²) in [7, 11) is 0. The fourth-order valence-electron chi connectivity index (χ4n) is 4.04. The van der Waals surface area contributed by atoms with E-state index < -0.39 is 5.60 Å². The van der Waals surface area contributed by atoms with Crippen LogP contribution in [0.2, 0.25) is 0 Å². The molecule has 1 saturated heterocycles. The lowest BCUT2D eigenvalue weighted by Crippen LogP contribution is -2.36. The molecule has 3 nitrogen and oxygen atoms in total. The largest absolute Gasteiger partial charge is 0.386 e. The van der Waals surface area contributed by atoms with Crippen LogP contribution < -0.4 is 0 Å². The van der Waals surface area contributed by atoms with Gasteiger partial charge in [0.1, 0.15) is 0 Å². The Morgan fingerprint density at radius 3 is 2.72 bits per heavy atom. The third-order valence-corrected chi connectivity index (χ3v) is 5.49. The Labute approximate surface area is 152 Å². The predicted octanol–water partition coefficient (Wildman–Crippen LogP) is 4.64. The number of hydrogen-bond acceptors (Lipinski definition) is 3. The van der Waals surface area contributed by atoms with Crippen molar-refractivity contribution in [3.8, 4) is 0 Å². The number of unbranched alkanes of at least 4 members (excludes halogenated alkanes) is 1. The van der Waals surface area contributed by atoms with Gasteiger partial charge in [-0.05, 0) is 56.9 Å². The van der Waals surface area contributed by atoms with Crippen molar-refractivity contribution in [3.63, 3.8) is 0 Å². The third-order valence-electron chi connectivity index (χ3n) is 5.49. The van der Waals surface area contributed by atoms with E-state index in [0.29, 0.717) is 5.92 Å². The van der Waals surface area contributed by atoms with E-state index in [4.69, 9.17) is 9.47 Å². The molecule has 1 aliphatic carbocycles. The maximum Gasteiger partial charge on any atom is 0.169 e. The standard InChI is InChI=1S/C22H32O3/c1-21(23,13-6-5-10-19-8-3-2-4-9-19)15-12-20-11-7-14-22(18-20)24-16-17-25-22/h2-4,8-9,12,15,20,23H,5-7,10-11,13-14,16-18H2,1H3/b15-12+. The van der Waals surface area contributed by atoms with Crippen LogP contribution >= 0.6 is 0 Å². The minimum Gasteiger partial charge on any atom is -0.386 e. The Hall–Kier alpha value is -1.16. The number of allylic oxidation sites excluding steroid dienone is 1. The summed E-state index contributed by atoms with van der Waals surface area (Å²) in [6.45, 7) is 3.36. The highest BCUT2D eigenvalue weighted by Crippen LogP contribution is 2.39. The molecule has 1 heterocycles. The van der Waals surface area contributed by atoms with Gasteiger partial charge in [0.25, 0.3) is 0 Å². The van der Waals surface area contributed by atoms with Gasteiger partial charge in [-0.1, -0.05) is 42.5 Å². The molecule has 138 valence electrons. The fourth-order valence-corrected chi connectivity index (χ4v) is 4.04. The van der Waals surface area contributed by atoms with E-state index in [2.05, 4.69) is 36.4 Å². The number of rotatable bonds is 7. The minimum atomic E-state index is -0.724. The zero-order chi connectivity index (χ0) is 17.6. The van der Waals surface area contributed by atoms with Crippen molar-refractivity contribution in [2.75, 3.05) is 13.2 Å². The normalized spacial score (nSPS) is 25.4. The summed E-state index contributed by atoms with van der Waals surface area (Å²) in [6.07, 6.45) is 12.5. The van der Waals surface area contributed by atoms with Crippen molar-refractivity contribution in [1.82, 2.24) is 0 Å². The molecule has 0 bridgehead atoms. The van der Waals surface area contributed by atoms with Gasteiger partial charge < -0.3 is 14.6 Å². The number of benzene rings is 1. The maximum atomic E-state index is 10.6. The van der Waals surface area contributed by atoms with Gasteiger partial charge in [0, 0.05) is 12.8 Å². The molecule has 1 aliphatic heterocycles. The van der Waals surface area contributed by atoms with Crippen molar-refractivity contribution >= 4 is 0 Å². The van der Waals surface area contributed by atoms with Gasteiger partial charge >= 0.3 is 0 Å². The lowest BCUT2D eigenvalue weighted by atomic mass is 9.83. The van der Waals surface area contributed by atoms with Crippen LogP contribution in [-0.4, -0.2) is 29.7 Å². The van der Waals surface area contributed by atoms with Crippen LogP contribution in [0.1, 0.15) is 57.4 Å². The molecule has 3 heteroatoms. The average molecular weight is 344 g/mol. The highest BCUT2D eigenvalue weighted by Gasteiger charge is 2.40. The fraction of sp³-hybridized carbons (Fsp3) is 0.636. The summed E-state index contributed by atoms with van der Waals surface area (Å²) >= 11 is 0. The molecule has 1 saturated carbocycles. The van der Waals surface area contributed by atoms with E-state index in [1.54, 1.807) is 0 Å². The topological polar surface area (TPSA) is 38.7 Å². The van der Waals surface area contributed by atoms with Crippen molar-refractivity contribution in [2.24, 2.45) is 5.92 Å². The Balaban J connectivity index is 1.41. The number of aliphatic hydroxyl groups is 1. The lowest BCUT2D eigenvalue weighted by Gasteiger charge is -2.35. The average Bonchev–Trinajstić information content (AvgIpc) is 3.06. The Bertz CT molecular complexity index is 544. The molecule has 1 aromatic carbocycles. The molecule has 0 aromatic heterocycles. The maximum absolute atomic E-state index is 10.6. The zero-order valence-corrected chi connectivity index (χ0v) is 15.5. The highest BCUT2D eigenvalue weighted by atomic mass is 16.7. The number of aryl methyl sites for hydroxylation is 1. The first-order chi connectivity index (χ1) is 12.1. The third kappa shape index (κ3) is 5.67. The molecule has 0 amide bonds. The van der Waals surface area contributed by atoms with Crippen LogP contribution in [0.4, 0.5) is 0 Å². The minimum absolute atomic E-state index is 0.338. The SMILES string of the molecule is CC(O)(/C=C/C1CCCC2(C1)OCCO2)CCCCc1ccccc1. The van der Waals surface area contributed by atoms with Gasteiger partial charge in [-0.3, -0.25) is 0 Å². The van der Waals surface area contributed by atoms with Crippen LogP contribution in [0.15, 0.2) is 42.5 Å². The Kier molecular flexibility index (Phi) is 6.32. The molecule has 0 radical (unpaired) electrons. The second-order valence-electron chi connectivity index (χ2n) is 7.87. The summed E-state index contributed by atoms with van der Waals surface area (Å²) in [6, 6.07) is 10.6. The molecule has 1 spiro atoms. The van der Waals surface area contributed by atoms with Crippen LogP contribution in [0, 0.1) is 5.92 Å². The van der Waals surface area contributed by atoms with Crippen molar-refractivity contribution < 1.29 is 14.6 Å². The van der Waals surface area contributed by atoms with Crippen LogP contribution in [0.25, 0.3) is 0 Å². The van der Waals surface area contributed by atoms with E-state index in [9.17, 15) is 5.11 Å². The molecule has 2 aliphatic rings. The zero-order valence-electron chi connectivity index (χ0n) is 15.5. The molecule has 2 fully saturated rings. The second-order valence-corrected chi connectivity index (χ2v) is 7.87. The summed E-state index contributed by atoms with van der Waals surface area (Å²) in [5, 5.41) is 10.6. The molecule has 3 rings (SSSR count). The van der Waals surface area contributed by atoms with Gasteiger partial charge in [0.15, 0.2) is 5.79 Å². The van der Waals surface area contributed by atoms with Gasteiger partial charge in [0.2, 0.25) is 0 Å². The molecule has 1 N–H and O–H groups in total. The molecular weight excluding hydrogens is 312 g/mol. The van der Waals surface area contributed by atoms with E-state index in [0.717, 1.165) is 64.6 Å². The van der Waals surface area contributed by atoms with Crippen molar-refractivity contribution in [3.05, 3.63) is 48.0 Å². The number of hydrogen-bond donors (Lipinski definition) is 1. The molecule has 1 aromatic rings. The summed E-state index contributed by atoms with van der Waals surface area (Å²) in [5.74, 6) is 0.108. The summed E-state index contributed by atoms with van der Waals surface area (Å²) in [5.41, 5.74) is 0.653. The first-order valence-electron chi connectivity index (χ1n) is 9.81. The molecular formula is C22H32O3. The van der Waals surface area contributed by atoms with Gasteiger partial charge in [-0.15, -0.1) is 0 Å². The van der Waals surface area contributed by atoms with Crippen molar-refractivity contribution in [1.29, 1.82) is 0 Å². The van der Waals surface area contributed by atoms with E-state index in [1.165, 1.54) is 5.56 Å². The summed E-state index contributed by atoms with van der Waals surface area (Å²) in [4.78, 5) is 0. The van der Waals surface area contributed by atoms with E-state index in [1.807, 2.05) is 13.0 Å². The first-order valence-corrected chi connectivity index (χ1v) is 9.81. The predicted molar refractivity (Wildman–Crippen MR) is 100 cm³/mol. The number of ether oxygens (including phenoxy) is 2. The first kappa shape index (κ1) is 18.6. The Morgan fingerprint density at radius 2 is 1.96 bits per heavy atom.